The van der Waals surface area contributed by atoms with Gasteiger partial charge in [0.05, 0.1) is 19.7 Å². The first-order chi connectivity index (χ1) is 11.3. The van der Waals surface area contributed by atoms with E-state index >= 15 is 0 Å². The van der Waals surface area contributed by atoms with Gasteiger partial charge >= 0.3 is 0 Å². The molecule has 0 unspecified atom stereocenters. The molecule has 2 N–H and O–H groups in total. The highest BCUT2D eigenvalue weighted by Gasteiger charge is 2.00. The number of nitrogens with zero attached hydrogens (tertiary/aromatic N) is 1. The van der Waals surface area contributed by atoms with Gasteiger partial charge in [-0.1, -0.05) is 30.3 Å². The lowest BCUT2D eigenvalue weighted by atomic mass is 10.1. The smallest absolute Gasteiger partial charge is 0.191 e. The highest BCUT2D eigenvalue weighted by molar-refractivity contribution is 7.09. The van der Waals surface area contributed by atoms with Crippen molar-refractivity contribution >= 4 is 17.3 Å². The molecular formula is C18H25N3OS. The Labute approximate surface area is 142 Å². The van der Waals surface area contributed by atoms with Crippen molar-refractivity contribution in [3.05, 3.63) is 57.8 Å². The van der Waals surface area contributed by atoms with Crippen LogP contribution in [-0.4, -0.2) is 19.1 Å². The van der Waals surface area contributed by atoms with Crippen LogP contribution in [0.1, 0.15) is 29.9 Å². The SMILES string of the molecule is CCNC(=NCc1ccc(COCC)cc1)NCc1cccs1. The molecule has 0 aliphatic heterocycles. The van der Waals surface area contributed by atoms with E-state index in [0.29, 0.717) is 13.2 Å². The van der Waals surface area contributed by atoms with Crippen LogP contribution in [0.5, 0.6) is 0 Å². The Morgan fingerprint density at radius 1 is 1.09 bits per heavy atom. The number of hydrogen-bond donors (Lipinski definition) is 2. The van der Waals surface area contributed by atoms with Crippen molar-refractivity contribution in [2.75, 3.05) is 13.2 Å². The van der Waals surface area contributed by atoms with Gasteiger partial charge in [0.1, 0.15) is 0 Å². The maximum atomic E-state index is 5.41. The summed E-state index contributed by atoms with van der Waals surface area (Å²) in [7, 11) is 0. The molecule has 23 heavy (non-hydrogen) atoms. The maximum Gasteiger partial charge on any atom is 0.191 e. The fraction of sp³-hybridized carbons (Fsp3) is 0.389. The molecule has 0 bridgehead atoms. The van der Waals surface area contributed by atoms with Crippen LogP contribution in [0.25, 0.3) is 0 Å². The average Bonchev–Trinajstić information content (AvgIpc) is 3.10. The van der Waals surface area contributed by atoms with Gasteiger partial charge in [-0.15, -0.1) is 11.3 Å². The number of hydrogen-bond acceptors (Lipinski definition) is 3. The third-order valence-corrected chi connectivity index (χ3v) is 4.15. The molecule has 124 valence electrons. The van der Waals surface area contributed by atoms with Gasteiger partial charge in [0.15, 0.2) is 5.96 Å². The third-order valence-electron chi connectivity index (χ3n) is 3.27. The molecule has 0 saturated heterocycles. The first-order valence-corrected chi connectivity index (χ1v) is 8.90. The monoisotopic (exact) mass is 331 g/mol. The zero-order chi connectivity index (χ0) is 16.3. The normalized spacial score (nSPS) is 11.5. The van der Waals surface area contributed by atoms with Gasteiger partial charge < -0.3 is 15.4 Å². The van der Waals surface area contributed by atoms with E-state index in [1.165, 1.54) is 16.0 Å². The standard InChI is InChI=1S/C18H25N3OS/c1-3-19-18(21-13-17-6-5-11-23-17)20-12-15-7-9-16(10-8-15)14-22-4-2/h5-11H,3-4,12-14H2,1-2H3,(H2,19,20,21). The molecule has 0 spiro atoms. The summed E-state index contributed by atoms with van der Waals surface area (Å²) in [5.41, 5.74) is 2.39. The van der Waals surface area contributed by atoms with Crippen LogP contribution in [0.3, 0.4) is 0 Å². The Morgan fingerprint density at radius 2 is 1.87 bits per heavy atom. The molecule has 1 aromatic heterocycles. The van der Waals surface area contributed by atoms with Crippen LogP contribution in [0, 0.1) is 0 Å². The predicted molar refractivity (Wildman–Crippen MR) is 97.7 cm³/mol. The molecule has 4 nitrogen and oxygen atoms in total. The first kappa shape index (κ1) is 17.5. The van der Waals surface area contributed by atoms with Crippen molar-refractivity contribution in [1.29, 1.82) is 0 Å². The van der Waals surface area contributed by atoms with Crippen LogP contribution in [0.4, 0.5) is 0 Å². The van der Waals surface area contributed by atoms with Gasteiger partial charge in [0, 0.05) is 18.0 Å². The lowest BCUT2D eigenvalue weighted by Crippen LogP contribution is -2.36. The summed E-state index contributed by atoms with van der Waals surface area (Å²) in [5.74, 6) is 0.847. The molecule has 0 saturated carbocycles. The van der Waals surface area contributed by atoms with E-state index < -0.39 is 0 Å². The molecule has 2 rings (SSSR count). The summed E-state index contributed by atoms with van der Waals surface area (Å²) in [5, 5.41) is 8.73. The average molecular weight is 331 g/mol. The van der Waals surface area contributed by atoms with Crippen LogP contribution >= 0.6 is 11.3 Å². The molecule has 0 radical (unpaired) electrons. The Morgan fingerprint density at radius 3 is 2.52 bits per heavy atom. The number of ether oxygens (including phenoxy) is 1. The van der Waals surface area contributed by atoms with E-state index in [1.54, 1.807) is 11.3 Å². The molecule has 0 atom stereocenters. The van der Waals surface area contributed by atoms with Crippen molar-refractivity contribution in [3.8, 4) is 0 Å². The summed E-state index contributed by atoms with van der Waals surface area (Å²) < 4.78 is 5.41. The Hall–Kier alpha value is -1.85. The number of rotatable bonds is 8. The van der Waals surface area contributed by atoms with Gasteiger partial charge in [-0.3, -0.25) is 0 Å². The second-order valence-corrected chi connectivity index (χ2v) is 6.11. The van der Waals surface area contributed by atoms with Gasteiger partial charge in [-0.2, -0.15) is 0 Å². The van der Waals surface area contributed by atoms with Crippen LogP contribution < -0.4 is 10.6 Å². The lowest BCUT2D eigenvalue weighted by molar-refractivity contribution is 0.134. The van der Waals surface area contributed by atoms with Crippen molar-refractivity contribution < 1.29 is 4.74 Å². The van der Waals surface area contributed by atoms with Crippen molar-refractivity contribution in [3.63, 3.8) is 0 Å². The lowest BCUT2D eigenvalue weighted by Gasteiger charge is -2.10. The minimum atomic E-state index is 0.661. The van der Waals surface area contributed by atoms with E-state index in [-0.39, 0.29) is 0 Å². The fourth-order valence-corrected chi connectivity index (χ4v) is 2.70. The minimum Gasteiger partial charge on any atom is -0.377 e. The number of benzene rings is 1. The van der Waals surface area contributed by atoms with E-state index in [2.05, 4.69) is 64.3 Å². The second kappa shape index (κ2) is 10.0. The summed E-state index contributed by atoms with van der Waals surface area (Å²) in [6.45, 7) is 7.81. The van der Waals surface area contributed by atoms with Crippen molar-refractivity contribution in [2.24, 2.45) is 4.99 Å². The van der Waals surface area contributed by atoms with Gasteiger partial charge in [0.25, 0.3) is 0 Å². The zero-order valence-corrected chi connectivity index (χ0v) is 14.7. The van der Waals surface area contributed by atoms with Gasteiger partial charge in [-0.25, -0.2) is 4.99 Å². The molecule has 5 heteroatoms. The molecule has 0 amide bonds. The predicted octanol–water partition coefficient (Wildman–Crippen LogP) is 3.54. The molecule has 2 aromatic rings. The largest absolute Gasteiger partial charge is 0.377 e. The van der Waals surface area contributed by atoms with E-state index in [1.807, 2.05) is 6.92 Å². The Kier molecular flexibility index (Phi) is 7.63. The zero-order valence-electron chi connectivity index (χ0n) is 13.8. The van der Waals surface area contributed by atoms with E-state index in [0.717, 1.165) is 25.7 Å². The summed E-state index contributed by atoms with van der Waals surface area (Å²) >= 11 is 1.75. The Bertz CT molecular complexity index is 579. The van der Waals surface area contributed by atoms with Gasteiger partial charge in [-0.05, 0) is 36.4 Å². The van der Waals surface area contributed by atoms with Crippen LogP contribution in [0.2, 0.25) is 0 Å². The molecule has 0 fully saturated rings. The summed E-state index contributed by atoms with van der Waals surface area (Å²) in [6.07, 6.45) is 0. The summed E-state index contributed by atoms with van der Waals surface area (Å²) in [4.78, 5) is 5.94. The maximum absolute atomic E-state index is 5.41. The highest BCUT2D eigenvalue weighted by atomic mass is 32.1. The highest BCUT2D eigenvalue weighted by Crippen LogP contribution is 2.08. The number of aliphatic imine (C=N–C) groups is 1. The number of nitrogens with one attached hydrogen (secondary N) is 2. The van der Waals surface area contributed by atoms with E-state index in [9.17, 15) is 0 Å². The summed E-state index contributed by atoms with van der Waals surface area (Å²) in [6, 6.07) is 12.6. The molecule has 1 heterocycles. The topological polar surface area (TPSA) is 45.7 Å². The van der Waals surface area contributed by atoms with Crippen LogP contribution in [0.15, 0.2) is 46.8 Å². The second-order valence-electron chi connectivity index (χ2n) is 5.08. The number of thiophene rings is 1. The van der Waals surface area contributed by atoms with Crippen LogP contribution in [-0.2, 0) is 24.4 Å². The molecule has 0 aliphatic carbocycles. The minimum absolute atomic E-state index is 0.661. The quantitative estimate of drug-likeness (QED) is 0.574. The third kappa shape index (κ3) is 6.42. The number of guanidine groups is 1. The van der Waals surface area contributed by atoms with Gasteiger partial charge in [0.2, 0.25) is 0 Å². The van der Waals surface area contributed by atoms with E-state index in [4.69, 9.17) is 4.74 Å². The Balaban J connectivity index is 1.88. The fourth-order valence-electron chi connectivity index (χ4n) is 2.06. The molecular weight excluding hydrogens is 306 g/mol. The van der Waals surface area contributed by atoms with Crippen molar-refractivity contribution in [2.45, 2.75) is 33.5 Å². The molecule has 1 aromatic carbocycles. The van der Waals surface area contributed by atoms with Crippen molar-refractivity contribution in [1.82, 2.24) is 10.6 Å². The molecule has 0 aliphatic rings. The first-order valence-electron chi connectivity index (χ1n) is 8.02.